The first-order valence-corrected chi connectivity index (χ1v) is 11.4. The van der Waals surface area contributed by atoms with Gasteiger partial charge in [0.2, 0.25) is 0 Å². The predicted molar refractivity (Wildman–Crippen MR) is 132 cm³/mol. The molecule has 0 atom stereocenters. The second-order valence-corrected chi connectivity index (χ2v) is 8.54. The number of hydrogen-bond acceptors (Lipinski definition) is 8. The number of benzene rings is 1. The van der Waals surface area contributed by atoms with Crippen molar-refractivity contribution in [1.82, 2.24) is 19.8 Å². The average molecular weight is 523 g/mol. The second kappa shape index (κ2) is 13.0. The predicted octanol–water partition coefficient (Wildman–Crippen LogP) is 2.05. The number of carbonyl (C=O) groups is 4. The molecule has 0 amide bonds. The van der Waals surface area contributed by atoms with E-state index in [1.165, 1.54) is 12.1 Å². The quantitative estimate of drug-likeness (QED) is 0.242. The Balaban J connectivity index is 1.76. The van der Waals surface area contributed by atoms with Crippen LogP contribution in [0.4, 0.5) is 0 Å². The summed E-state index contributed by atoms with van der Waals surface area (Å²) in [5.41, 5.74) is 2.07. The molecule has 3 rings (SSSR count). The highest BCUT2D eigenvalue weighted by molar-refractivity contribution is 5.85. The van der Waals surface area contributed by atoms with Crippen LogP contribution in [0.25, 0.3) is 0 Å². The molecule has 2 aromatic heterocycles. The molecule has 0 saturated carbocycles. The summed E-state index contributed by atoms with van der Waals surface area (Å²) < 4.78 is 0. The summed E-state index contributed by atoms with van der Waals surface area (Å²) in [6.07, 6.45) is 0. The number of rotatable bonds is 14. The first-order valence-electron chi connectivity index (χ1n) is 11.4. The fraction of sp³-hybridized carbons (Fsp3) is 0.231. The molecular formula is C26H26N4O8. The summed E-state index contributed by atoms with van der Waals surface area (Å²) in [6, 6.07) is 16.2. The summed E-state index contributed by atoms with van der Waals surface area (Å²) in [7, 11) is 0. The van der Waals surface area contributed by atoms with Crippen LogP contribution in [0.1, 0.15) is 43.5 Å². The highest BCUT2D eigenvalue weighted by Crippen LogP contribution is 2.15. The van der Waals surface area contributed by atoms with Gasteiger partial charge in [0.05, 0.1) is 24.5 Å². The van der Waals surface area contributed by atoms with Crippen molar-refractivity contribution >= 4 is 23.9 Å². The summed E-state index contributed by atoms with van der Waals surface area (Å²) in [5.74, 6) is -4.47. The Labute approximate surface area is 217 Å². The molecule has 38 heavy (non-hydrogen) atoms. The largest absolute Gasteiger partial charge is 0.480 e. The molecule has 1 aromatic carbocycles. The van der Waals surface area contributed by atoms with Crippen molar-refractivity contribution in [2.45, 2.75) is 26.2 Å². The molecule has 12 nitrogen and oxygen atoms in total. The van der Waals surface area contributed by atoms with E-state index >= 15 is 0 Å². The Kier molecular flexibility index (Phi) is 9.57. The SMILES string of the molecule is O=C(O)CN(Cc1cccc(CN(CC(=O)O)Cc2cccc(C(=O)O)n2)c1)Cc1cccc(C(=O)O)n1. The fourth-order valence-corrected chi connectivity index (χ4v) is 3.89. The smallest absolute Gasteiger partial charge is 0.354 e. The summed E-state index contributed by atoms with van der Waals surface area (Å²) in [6.45, 7) is 0.0448. The monoisotopic (exact) mass is 522 g/mol. The molecule has 12 heteroatoms. The zero-order valence-electron chi connectivity index (χ0n) is 20.2. The normalized spacial score (nSPS) is 11.0. The summed E-state index contributed by atoms with van der Waals surface area (Å²) in [5, 5.41) is 37.1. The first-order chi connectivity index (χ1) is 18.1. The van der Waals surface area contributed by atoms with Gasteiger partial charge in [0, 0.05) is 26.2 Å². The topological polar surface area (TPSA) is 181 Å². The van der Waals surface area contributed by atoms with Gasteiger partial charge in [-0.3, -0.25) is 19.4 Å². The van der Waals surface area contributed by atoms with Gasteiger partial charge in [0.25, 0.3) is 0 Å². The second-order valence-electron chi connectivity index (χ2n) is 8.54. The number of carboxylic acids is 4. The van der Waals surface area contributed by atoms with Crippen LogP contribution in [-0.2, 0) is 35.8 Å². The minimum Gasteiger partial charge on any atom is -0.480 e. The highest BCUT2D eigenvalue weighted by Gasteiger charge is 2.16. The third-order valence-electron chi connectivity index (χ3n) is 5.34. The zero-order valence-corrected chi connectivity index (χ0v) is 20.2. The molecule has 0 fully saturated rings. The summed E-state index contributed by atoms with van der Waals surface area (Å²) in [4.78, 5) is 56.7. The van der Waals surface area contributed by atoms with Crippen molar-refractivity contribution in [2.24, 2.45) is 0 Å². The molecule has 0 saturated heterocycles. The third-order valence-corrected chi connectivity index (χ3v) is 5.34. The van der Waals surface area contributed by atoms with Crippen LogP contribution < -0.4 is 0 Å². The molecule has 198 valence electrons. The maximum absolute atomic E-state index is 11.5. The van der Waals surface area contributed by atoms with Gasteiger partial charge >= 0.3 is 23.9 Å². The highest BCUT2D eigenvalue weighted by atomic mass is 16.4. The molecule has 0 unspecified atom stereocenters. The molecule has 0 bridgehead atoms. The number of nitrogens with zero attached hydrogens (tertiary/aromatic N) is 4. The lowest BCUT2D eigenvalue weighted by molar-refractivity contribution is -0.139. The fourth-order valence-electron chi connectivity index (χ4n) is 3.89. The average Bonchev–Trinajstić information content (AvgIpc) is 2.83. The van der Waals surface area contributed by atoms with Gasteiger partial charge in [0.1, 0.15) is 11.4 Å². The minimum atomic E-state index is -1.18. The Hall–Kier alpha value is -4.68. The van der Waals surface area contributed by atoms with E-state index < -0.39 is 23.9 Å². The molecule has 3 aromatic rings. The van der Waals surface area contributed by atoms with E-state index in [2.05, 4.69) is 9.97 Å². The van der Waals surface area contributed by atoms with Crippen LogP contribution in [0.15, 0.2) is 60.7 Å². The number of aromatic nitrogens is 2. The van der Waals surface area contributed by atoms with Gasteiger partial charge in [-0.1, -0.05) is 36.4 Å². The van der Waals surface area contributed by atoms with E-state index in [1.54, 1.807) is 52.3 Å². The number of hydrogen-bond donors (Lipinski definition) is 4. The Morgan fingerprint density at radius 3 is 1.34 bits per heavy atom. The summed E-state index contributed by atoms with van der Waals surface area (Å²) >= 11 is 0. The molecule has 0 spiro atoms. The number of carboxylic acid groups (broad SMARTS) is 4. The minimum absolute atomic E-state index is 0.106. The van der Waals surface area contributed by atoms with Crippen molar-refractivity contribution in [2.75, 3.05) is 13.1 Å². The van der Waals surface area contributed by atoms with Gasteiger partial charge in [0.15, 0.2) is 0 Å². The van der Waals surface area contributed by atoms with E-state index in [4.69, 9.17) is 0 Å². The van der Waals surface area contributed by atoms with Crippen LogP contribution in [0.3, 0.4) is 0 Å². The maximum Gasteiger partial charge on any atom is 0.354 e. The number of aromatic carboxylic acids is 2. The lowest BCUT2D eigenvalue weighted by Gasteiger charge is -2.22. The van der Waals surface area contributed by atoms with Crippen molar-refractivity contribution in [3.05, 3.63) is 94.6 Å². The van der Waals surface area contributed by atoms with Gasteiger partial charge in [-0.15, -0.1) is 0 Å². The molecule has 0 aliphatic heterocycles. The van der Waals surface area contributed by atoms with E-state index in [1.807, 2.05) is 6.07 Å². The van der Waals surface area contributed by atoms with E-state index in [0.29, 0.717) is 11.4 Å². The van der Waals surface area contributed by atoms with Gasteiger partial charge in [-0.2, -0.15) is 0 Å². The standard InChI is InChI=1S/C26H26N4O8/c31-23(32)15-29(13-19-6-2-8-21(27-19)25(35)36)11-17-4-1-5-18(10-17)12-30(16-24(33)34)14-20-7-3-9-22(28-20)26(37)38/h1-10H,11-16H2,(H,31,32)(H,33,34)(H,35,36)(H,37,38). The van der Waals surface area contributed by atoms with E-state index in [0.717, 1.165) is 11.1 Å². The van der Waals surface area contributed by atoms with Gasteiger partial charge in [-0.05, 0) is 35.4 Å². The van der Waals surface area contributed by atoms with E-state index in [9.17, 15) is 39.6 Å². The lowest BCUT2D eigenvalue weighted by Crippen LogP contribution is -2.30. The van der Waals surface area contributed by atoms with Crippen molar-refractivity contribution in [1.29, 1.82) is 0 Å². The third kappa shape index (κ3) is 8.76. The van der Waals surface area contributed by atoms with Crippen LogP contribution >= 0.6 is 0 Å². The van der Waals surface area contributed by atoms with Gasteiger partial charge in [-0.25, -0.2) is 19.6 Å². The van der Waals surface area contributed by atoms with Crippen molar-refractivity contribution < 1.29 is 39.6 Å². The molecule has 2 heterocycles. The van der Waals surface area contributed by atoms with Crippen molar-refractivity contribution in [3.8, 4) is 0 Å². The van der Waals surface area contributed by atoms with Crippen molar-refractivity contribution in [3.63, 3.8) is 0 Å². The Morgan fingerprint density at radius 1 is 0.579 bits per heavy atom. The van der Waals surface area contributed by atoms with Crippen LogP contribution in [0, 0.1) is 0 Å². The molecule has 0 radical (unpaired) electrons. The Bertz CT molecular complexity index is 1230. The molecule has 0 aliphatic rings. The molecular weight excluding hydrogens is 496 g/mol. The zero-order chi connectivity index (χ0) is 27.7. The van der Waals surface area contributed by atoms with Crippen LogP contribution in [-0.4, -0.2) is 77.2 Å². The van der Waals surface area contributed by atoms with E-state index in [-0.39, 0.29) is 50.7 Å². The van der Waals surface area contributed by atoms with Crippen LogP contribution in [0.5, 0.6) is 0 Å². The molecule has 4 N–H and O–H groups in total. The Morgan fingerprint density at radius 2 is 0.974 bits per heavy atom. The molecule has 0 aliphatic carbocycles. The number of pyridine rings is 2. The lowest BCUT2D eigenvalue weighted by atomic mass is 10.1. The van der Waals surface area contributed by atoms with Crippen LogP contribution in [0.2, 0.25) is 0 Å². The maximum atomic E-state index is 11.5. The number of aliphatic carboxylic acids is 2. The van der Waals surface area contributed by atoms with Gasteiger partial charge < -0.3 is 20.4 Å². The first kappa shape index (κ1) is 27.9.